The number of rotatable bonds is 9. The molecule has 208 valence electrons. The Labute approximate surface area is 242 Å². The molecule has 7 heteroatoms. The number of amides is 2. The summed E-state index contributed by atoms with van der Waals surface area (Å²) in [6, 6.07) is 21.8. The smallest absolute Gasteiger partial charge is 0.261 e. The van der Waals surface area contributed by atoms with Crippen LogP contribution in [0.1, 0.15) is 58.2 Å². The maximum atomic E-state index is 13.9. The Morgan fingerprint density at radius 2 is 1.49 bits per heavy atom. The lowest BCUT2D eigenvalue weighted by atomic mass is 9.86. The van der Waals surface area contributed by atoms with Gasteiger partial charge in [-0.25, -0.2) is 0 Å². The molecule has 1 N–H and O–H groups in total. The van der Waals surface area contributed by atoms with Crippen molar-refractivity contribution in [2.75, 3.05) is 6.61 Å². The zero-order valence-corrected chi connectivity index (χ0v) is 25.1. The van der Waals surface area contributed by atoms with Crippen LogP contribution < -0.4 is 10.1 Å². The van der Waals surface area contributed by atoms with E-state index in [9.17, 15) is 9.59 Å². The average Bonchev–Trinajstić information content (AvgIpc) is 2.86. The SMILES string of the molecule is CC(C)(C)NC(=O)C(Cc1ccccc1)N(Cc1ccc(Cl)c(Cl)c1)C(=O)COc1ccccc1C(C)(C)C. The molecule has 3 aromatic carbocycles. The predicted octanol–water partition coefficient (Wildman–Crippen LogP) is 7.22. The van der Waals surface area contributed by atoms with Crippen LogP contribution in [0.4, 0.5) is 0 Å². The number of ether oxygens (including phenoxy) is 1. The first-order chi connectivity index (χ1) is 18.2. The molecule has 1 unspecified atom stereocenters. The normalized spacial score (nSPS) is 12.5. The molecule has 0 aliphatic heterocycles. The van der Waals surface area contributed by atoms with Crippen molar-refractivity contribution in [1.82, 2.24) is 10.2 Å². The lowest BCUT2D eigenvalue weighted by Crippen LogP contribution is -2.55. The quantitative estimate of drug-likeness (QED) is 0.296. The molecule has 0 spiro atoms. The number of nitrogens with zero attached hydrogens (tertiary/aromatic N) is 1. The largest absolute Gasteiger partial charge is 0.483 e. The third kappa shape index (κ3) is 9.01. The van der Waals surface area contributed by atoms with E-state index in [-0.39, 0.29) is 30.4 Å². The minimum absolute atomic E-state index is 0.162. The molecule has 0 heterocycles. The van der Waals surface area contributed by atoms with Gasteiger partial charge in [0.25, 0.3) is 5.91 Å². The van der Waals surface area contributed by atoms with Crippen LogP contribution in [-0.2, 0) is 28.0 Å². The summed E-state index contributed by atoms with van der Waals surface area (Å²) in [7, 11) is 0. The maximum absolute atomic E-state index is 13.9. The number of para-hydroxylation sites is 1. The van der Waals surface area contributed by atoms with Gasteiger partial charge in [-0.3, -0.25) is 9.59 Å². The van der Waals surface area contributed by atoms with Gasteiger partial charge in [-0.1, -0.05) is 98.6 Å². The summed E-state index contributed by atoms with van der Waals surface area (Å²) in [5, 5.41) is 3.87. The number of carbonyl (C=O) groups is 2. The lowest BCUT2D eigenvalue weighted by molar-refractivity contribution is -0.143. The fourth-order valence-corrected chi connectivity index (χ4v) is 4.60. The summed E-state index contributed by atoms with van der Waals surface area (Å²) >= 11 is 12.4. The van der Waals surface area contributed by atoms with Gasteiger partial charge in [0.2, 0.25) is 5.91 Å². The fourth-order valence-electron chi connectivity index (χ4n) is 4.28. The summed E-state index contributed by atoms with van der Waals surface area (Å²) in [6.45, 7) is 12.0. The van der Waals surface area contributed by atoms with Crippen LogP contribution in [0.15, 0.2) is 72.8 Å². The fraction of sp³-hybridized carbons (Fsp3) is 0.375. The Kier molecular flexibility index (Phi) is 10.1. The van der Waals surface area contributed by atoms with Gasteiger partial charge in [-0.2, -0.15) is 0 Å². The van der Waals surface area contributed by atoms with Crippen LogP contribution in [0.5, 0.6) is 5.75 Å². The first-order valence-corrected chi connectivity index (χ1v) is 13.8. The number of benzene rings is 3. The highest BCUT2D eigenvalue weighted by Crippen LogP contribution is 2.31. The first-order valence-electron chi connectivity index (χ1n) is 13.1. The molecule has 3 aromatic rings. The van der Waals surface area contributed by atoms with Crippen molar-refractivity contribution in [1.29, 1.82) is 0 Å². The lowest BCUT2D eigenvalue weighted by Gasteiger charge is -2.34. The van der Waals surface area contributed by atoms with Crippen molar-refractivity contribution < 1.29 is 14.3 Å². The van der Waals surface area contributed by atoms with Gasteiger partial charge in [0.1, 0.15) is 11.8 Å². The molecule has 1 atom stereocenters. The molecule has 0 saturated heterocycles. The average molecular weight is 570 g/mol. The van der Waals surface area contributed by atoms with Crippen LogP contribution in [0.2, 0.25) is 10.0 Å². The standard InChI is InChI=1S/C32H38Cl2N2O3/c1-31(2,3)24-14-10-11-15-28(24)39-21-29(37)36(20-23-16-17-25(33)26(34)18-23)27(30(38)35-32(4,5)6)19-22-12-8-7-9-13-22/h7-18,27H,19-21H2,1-6H3,(H,35,38). The Balaban J connectivity index is 1.98. The van der Waals surface area contributed by atoms with Gasteiger partial charge in [-0.15, -0.1) is 0 Å². The number of hydrogen-bond donors (Lipinski definition) is 1. The van der Waals surface area contributed by atoms with Gasteiger partial charge >= 0.3 is 0 Å². The maximum Gasteiger partial charge on any atom is 0.261 e. The molecular weight excluding hydrogens is 531 g/mol. The first kappa shape index (κ1) is 30.5. The van der Waals surface area contributed by atoms with E-state index in [1.54, 1.807) is 17.0 Å². The number of halogens is 2. The van der Waals surface area contributed by atoms with Crippen molar-refractivity contribution in [3.63, 3.8) is 0 Å². The zero-order valence-electron chi connectivity index (χ0n) is 23.6. The third-order valence-corrected chi connectivity index (χ3v) is 6.89. The van der Waals surface area contributed by atoms with Crippen molar-refractivity contribution in [3.05, 3.63) is 99.5 Å². The predicted molar refractivity (Wildman–Crippen MR) is 159 cm³/mol. The van der Waals surface area contributed by atoms with E-state index in [0.717, 1.165) is 16.7 Å². The van der Waals surface area contributed by atoms with E-state index in [4.69, 9.17) is 27.9 Å². The molecule has 5 nitrogen and oxygen atoms in total. The molecule has 3 rings (SSSR count). The Bertz CT molecular complexity index is 1280. The van der Waals surface area contributed by atoms with Gasteiger partial charge in [0.05, 0.1) is 10.0 Å². The summed E-state index contributed by atoms with van der Waals surface area (Å²) in [4.78, 5) is 29.2. The topological polar surface area (TPSA) is 58.6 Å². The molecule has 2 amide bonds. The summed E-state index contributed by atoms with van der Waals surface area (Å²) in [6.07, 6.45) is 0.342. The highest BCUT2D eigenvalue weighted by atomic mass is 35.5. The van der Waals surface area contributed by atoms with Crippen molar-refractivity contribution in [3.8, 4) is 5.75 Å². The van der Waals surface area contributed by atoms with Crippen molar-refractivity contribution in [2.45, 2.75) is 71.5 Å². The van der Waals surface area contributed by atoms with Crippen LogP contribution >= 0.6 is 23.2 Å². The van der Waals surface area contributed by atoms with E-state index in [1.165, 1.54) is 0 Å². The second kappa shape index (κ2) is 12.9. The Morgan fingerprint density at radius 3 is 2.10 bits per heavy atom. The molecule has 39 heavy (non-hydrogen) atoms. The number of hydrogen-bond acceptors (Lipinski definition) is 3. The molecule has 0 aromatic heterocycles. The van der Waals surface area contributed by atoms with E-state index < -0.39 is 11.6 Å². The Morgan fingerprint density at radius 1 is 0.846 bits per heavy atom. The van der Waals surface area contributed by atoms with Crippen LogP contribution in [-0.4, -0.2) is 34.9 Å². The molecule has 0 saturated carbocycles. The van der Waals surface area contributed by atoms with E-state index in [1.807, 2.05) is 81.4 Å². The minimum Gasteiger partial charge on any atom is -0.483 e. The zero-order chi connectivity index (χ0) is 28.8. The molecule has 0 radical (unpaired) electrons. The van der Waals surface area contributed by atoms with E-state index >= 15 is 0 Å². The monoisotopic (exact) mass is 568 g/mol. The minimum atomic E-state index is -0.782. The molecule has 0 aliphatic carbocycles. The van der Waals surface area contributed by atoms with Gasteiger partial charge in [0, 0.05) is 18.5 Å². The highest BCUT2D eigenvalue weighted by molar-refractivity contribution is 6.42. The summed E-state index contributed by atoms with van der Waals surface area (Å²) in [5.74, 6) is 0.0937. The summed E-state index contributed by atoms with van der Waals surface area (Å²) in [5.41, 5.74) is 2.06. The summed E-state index contributed by atoms with van der Waals surface area (Å²) < 4.78 is 6.10. The Hall–Kier alpha value is -3.02. The number of carbonyl (C=O) groups excluding carboxylic acids is 2. The second-order valence-electron chi connectivity index (χ2n) is 11.7. The molecule has 0 fully saturated rings. The molecular formula is C32H38Cl2N2O3. The van der Waals surface area contributed by atoms with Crippen LogP contribution in [0.25, 0.3) is 0 Å². The van der Waals surface area contributed by atoms with E-state index in [2.05, 4.69) is 26.1 Å². The van der Waals surface area contributed by atoms with Gasteiger partial charge in [0.15, 0.2) is 6.61 Å². The van der Waals surface area contributed by atoms with Crippen LogP contribution in [0.3, 0.4) is 0 Å². The van der Waals surface area contributed by atoms with Gasteiger partial charge < -0.3 is 15.0 Å². The third-order valence-electron chi connectivity index (χ3n) is 6.15. The van der Waals surface area contributed by atoms with Crippen LogP contribution in [0, 0.1) is 0 Å². The van der Waals surface area contributed by atoms with Crippen molar-refractivity contribution >= 4 is 35.0 Å². The second-order valence-corrected chi connectivity index (χ2v) is 12.6. The molecule has 0 aliphatic rings. The van der Waals surface area contributed by atoms with E-state index in [0.29, 0.717) is 22.2 Å². The number of nitrogens with one attached hydrogen (secondary N) is 1. The molecule has 0 bridgehead atoms. The van der Waals surface area contributed by atoms with Crippen molar-refractivity contribution in [2.24, 2.45) is 0 Å². The van der Waals surface area contributed by atoms with Gasteiger partial charge in [-0.05, 0) is 61.1 Å². The highest BCUT2D eigenvalue weighted by Gasteiger charge is 2.33.